The van der Waals surface area contributed by atoms with Crippen molar-refractivity contribution in [3.8, 4) is 0 Å². The Bertz CT molecular complexity index is 299. The zero-order chi connectivity index (χ0) is 12.1. The summed E-state index contributed by atoms with van der Waals surface area (Å²) < 4.78 is 5.68. The Morgan fingerprint density at radius 3 is 2.88 bits per heavy atom. The van der Waals surface area contributed by atoms with Crippen molar-refractivity contribution in [1.29, 1.82) is 0 Å². The normalized spacial score (nSPS) is 30.5. The van der Waals surface area contributed by atoms with E-state index in [1.54, 1.807) is 0 Å². The van der Waals surface area contributed by atoms with Gasteiger partial charge in [-0.25, -0.2) is 0 Å². The largest absolute Gasteiger partial charge is 0.366 e. The number of hydrogen-bond acceptors (Lipinski definition) is 3. The molecule has 0 aromatic carbocycles. The summed E-state index contributed by atoms with van der Waals surface area (Å²) in [6.07, 6.45) is 10.7. The second kappa shape index (κ2) is 6.31. The zero-order valence-corrected chi connectivity index (χ0v) is 10.5. The summed E-state index contributed by atoms with van der Waals surface area (Å²) in [5, 5.41) is 0. The van der Waals surface area contributed by atoms with Gasteiger partial charge >= 0.3 is 0 Å². The van der Waals surface area contributed by atoms with Crippen molar-refractivity contribution in [2.24, 2.45) is 5.73 Å². The number of allylic oxidation sites excluding steroid dienone is 1. The van der Waals surface area contributed by atoms with E-state index in [4.69, 9.17) is 10.5 Å². The highest BCUT2D eigenvalue weighted by Crippen LogP contribution is 2.25. The van der Waals surface area contributed by atoms with E-state index < -0.39 is 0 Å². The van der Waals surface area contributed by atoms with Gasteiger partial charge in [0, 0.05) is 6.54 Å². The van der Waals surface area contributed by atoms with Crippen LogP contribution < -0.4 is 5.73 Å². The second-order valence-corrected chi connectivity index (χ2v) is 5.11. The van der Waals surface area contributed by atoms with Gasteiger partial charge in [0.1, 0.15) is 6.10 Å². The lowest BCUT2D eigenvalue weighted by Gasteiger charge is -2.15. The zero-order valence-electron chi connectivity index (χ0n) is 10.5. The smallest absolute Gasteiger partial charge is 0.187 e. The van der Waals surface area contributed by atoms with Gasteiger partial charge in [-0.3, -0.25) is 4.79 Å². The van der Waals surface area contributed by atoms with Gasteiger partial charge in [-0.05, 0) is 44.1 Å². The van der Waals surface area contributed by atoms with Crippen LogP contribution in [-0.4, -0.2) is 24.5 Å². The fraction of sp³-hybridized carbons (Fsp3) is 0.786. The monoisotopic (exact) mass is 237 g/mol. The number of ether oxygens (including phenoxy) is 1. The maximum Gasteiger partial charge on any atom is 0.187 e. The maximum absolute atomic E-state index is 12.3. The number of hydrogen-bond donors (Lipinski definition) is 1. The number of carbonyl (C=O) groups is 1. The SMILES string of the molecule is NCC1CCC(C(=O)C2=CCCCCCC2)O1. The molecule has 1 saturated heterocycles. The molecule has 0 spiro atoms. The van der Waals surface area contributed by atoms with Crippen molar-refractivity contribution in [1.82, 2.24) is 0 Å². The van der Waals surface area contributed by atoms with Gasteiger partial charge in [0.25, 0.3) is 0 Å². The molecule has 2 unspecified atom stereocenters. The van der Waals surface area contributed by atoms with Gasteiger partial charge in [0.2, 0.25) is 0 Å². The van der Waals surface area contributed by atoms with E-state index >= 15 is 0 Å². The number of ketones is 1. The third-order valence-electron chi connectivity index (χ3n) is 3.77. The van der Waals surface area contributed by atoms with Gasteiger partial charge in [-0.1, -0.05) is 18.9 Å². The van der Waals surface area contributed by atoms with Gasteiger partial charge < -0.3 is 10.5 Å². The molecule has 96 valence electrons. The molecule has 0 aromatic heterocycles. The third kappa shape index (κ3) is 3.39. The summed E-state index contributed by atoms with van der Waals surface area (Å²) in [5.41, 5.74) is 6.58. The Labute approximate surface area is 103 Å². The number of nitrogens with two attached hydrogens (primary N) is 1. The van der Waals surface area contributed by atoms with Gasteiger partial charge in [-0.2, -0.15) is 0 Å². The molecule has 17 heavy (non-hydrogen) atoms. The van der Waals surface area contributed by atoms with Crippen molar-refractivity contribution < 1.29 is 9.53 Å². The average molecular weight is 237 g/mol. The Morgan fingerprint density at radius 1 is 1.29 bits per heavy atom. The van der Waals surface area contributed by atoms with Crippen LogP contribution in [0.4, 0.5) is 0 Å². The van der Waals surface area contributed by atoms with Crippen LogP contribution in [0.2, 0.25) is 0 Å². The number of Topliss-reactive ketones (excluding diaryl/α,β-unsaturated/α-hetero) is 1. The van der Waals surface area contributed by atoms with E-state index in [9.17, 15) is 4.79 Å². The average Bonchev–Trinajstić information content (AvgIpc) is 2.76. The molecule has 0 aromatic rings. The minimum atomic E-state index is -0.214. The summed E-state index contributed by atoms with van der Waals surface area (Å²) >= 11 is 0. The van der Waals surface area contributed by atoms with E-state index in [-0.39, 0.29) is 18.0 Å². The first-order chi connectivity index (χ1) is 8.31. The molecule has 0 amide bonds. The highest BCUT2D eigenvalue weighted by Gasteiger charge is 2.31. The summed E-state index contributed by atoms with van der Waals surface area (Å²) in [4.78, 5) is 12.3. The Balaban J connectivity index is 1.94. The fourth-order valence-electron chi connectivity index (χ4n) is 2.69. The minimum absolute atomic E-state index is 0.0955. The lowest BCUT2D eigenvalue weighted by molar-refractivity contribution is -0.126. The van der Waals surface area contributed by atoms with Crippen molar-refractivity contribution in [2.45, 2.75) is 63.6 Å². The van der Waals surface area contributed by atoms with Crippen LogP contribution in [0.25, 0.3) is 0 Å². The Kier molecular flexibility index (Phi) is 4.75. The van der Waals surface area contributed by atoms with Crippen molar-refractivity contribution in [3.05, 3.63) is 11.6 Å². The van der Waals surface area contributed by atoms with Gasteiger partial charge in [0.05, 0.1) is 6.10 Å². The maximum atomic E-state index is 12.3. The van der Waals surface area contributed by atoms with Crippen LogP contribution in [0.1, 0.15) is 51.4 Å². The molecular formula is C14H23NO2. The minimum Gasteiger partial charge on any atom is -0.366 e. The lowest BCUT2D eigenvalue weighted by Crippen LogP contribution is -2.26. The lowest BCUT2D eigenvalue weighted by atomic mass is 9.94. The van der Waals surface area contributed by atoms with E-state index in [1.807, 2.05) is 0 Å². The summed E-state index contributed by atoms with van der Waals surface area (Å²) in [5.74, 6) is 0.225. The molecule has 2 N–H and O–H groups in total. The molecule has 0 radical (unpaired) electrons. The van der Waals surface area contributed by atoms with Crippen LogP contribution in [-0.2, 0) is 9.53 Å². The molecule has 3 heteroatoms. The molecule has 2 rings (SSSR count). The standard InChI is InChI=1S/C14H23NO2/c15-10-12-8-9-13(17-12)14(16)11-6-4-2-1-3-5-7-11/h6,12-13H,1-5,7-10,15H2. The fourth-order valence-corrected chi connectivity index (χ4v) is 2.69. The summed E-state index contributed by atoms with van der Waals surface area (Å²) in [7, 11) is 0. The molecule has 1 aliphatic heterocycles. The van der Waals surface area contributed by atoms with Crippen LogP contribution in [0, 0.1) is 0 Å². The Morgan fingerprint density at radius 2 is 2.12 bits per heavy atom. The molecule has 0 saturated carbocycles. The molecule has 1 heterocycles. The second-order valence-electron chi connectivity index (χ2n) is 5.11. The van der Waals surface area contributed by atoms with E-state index in [0.29, 0.717) is 6.54 Å². The molecule has 3 nitrogen and oxygen atoms in total. The topological polar surface area (TPSA) is 52.3 Å². The first-order valence-corrected chi connectivity index (χ1v) is 6.90. The first kappa shape index (κ1) is 12.8. The molecular weight excluding hydrogens is 214 g/mol. The predicted octanol–water partition coefficient (Wildman–Crippen LogP) is 2.34. The van der Waals surface area contributed by atoms with Crippen molar-refractivity contribution in [3.63, 3.8) is 0 Å². The van der Waals surface area contributed by atoms with Crippen LogP contribution in [0.3, 0.4) is 0 Å². The van der Waals surface area contributed by atoms with Gasteiger partial charge in [0.15, 0.2) is 5.78 Å². The predicted molar refractivity (Wildman–Crippen MR) is 67.7 cm³/mol. The molecule has 1 fully saturated rings. The molecule has 2 atom stereocenters. The number of rotatable bonds is 3. The highest BCUT2D eigenvalue weighted by molar-refractivity contribution is 5.98. The summed E-state index contributed by atoms with van der Waals surface area (Å²) in [6.45, 7) is 0.531. The van der Waals surface area contributed by atoms with E-state index in [1.165, 1.54) is 19.3 Å². The highest BCUT2D eigenvalue weighted by atomic mass is 16.5. The van der Waals surface area contributed by atoms with E-state index in [0.717, 1.165) is 37.7 Å². The Hall–Kier alpha value is -0.670. The van der Waals surface area contributed by atoms with Gasteiger partial charge in [-0.15, -0.1) is 0 Å². The van der Waals surface area contributed by atoms with E-state index in [2.05, 4.69) is 6.08 Å². The summed E-state index contributed by atoms with van der Waals surface area (Å²) in [6, 6.07) is 0. The third-order valence-corrected chi connectivity index (χ3v) is 3.77. The first-order valence-electron chi connectivity index (χ1n) is 6.90. The number of carbonyl (C=O) groups excluding carboxylic acids is 1. The molecule has 1 aliphatic carbocycles. The van der Waals surface area contributed by atoms with Crippen LogP contribution in [0.5, 0.6) is 0 Å². The van der Waals surface area contributed by atoms with Crippen LogP contribution in [0.15, 0.2) is 11.6 Å². The van der Waals surface area contributed by atoms with Crippen LogP contribution >= 0.6 is 0 Å². The quantitative estimate of drug-likeness (QED) is 0.819. The molecule has 0 bridgehead atoms. The molecule has 2 aliphatic rings. The van der Waals surface area contributed by atoms with Crippen molar-refractivity contribution >= 4 is 5.78 Å². The van der Waals surface area contributed by atoms with Crippen molar-refractivity contribution in [2.75, 3.05) is 6.54 Å².